The molecule has 1 amide bonds. The van der Waals surface area contributed by atoms with Crippen LogP contribution in [0.4, 0.5) is 0 Å². The van der Waals surface area contributed by atoms with E-state index in [9.17, 15) is 4.79 Å². The van der Waals surface area contributed by atoms with Gasteiger partial charge in [0.1, 0.15) is 0 Å². The molecule has 1 aliphatic rings. The minimum Gasteiger partial charge on any atom is -0.352 e. The zero-order valence-corrected chi connectivity index (χ0v) is 15.1. The smallest absolute Gasteiger partial charge is 0.233 e. The summed E-state index contributed by atoms with van der Waals surface area (Å²) >= 11 is 7.27. The van der Waals surface area contributed by atoms with Crippen molar-refractivity contribution >= 4 is 29.3 Å². The Hall–Kier alpha value is -1.60. The molecule has 1 atom stereocenters. The van der Waals surface area contributed by atoms with Crippen LogP contribution in [-0.4, -0.2) is 37.4 Å². The van der Waals surface area contributed by atoms with E-state index in [1.807, 2.05) is 19.1 Å². The van der Waals surface area contributed by atoms with E-state index in [4.69, 9.17) is 11.6 Å². The summed E-state index contributed by atoms with van der Waals surface area (Å²) < 4.78 is 1.62. The maximum absolute atomic E-state index is 12.4. The molecule has 1 saturated carbocycles. The quantitative estimate of drug-likeness (QED) is 0.823. The number of aromatic nitrogens is 4. The van der Waals surface area contributed by atoms with Crippen LogP contribution >= 0.6 is 23.4 Å². The van der Waals surface area contributed by atoms with Crippen molar-refractivity contribution in [2.75, 3.05) is 0 Å². The lowest BCUT2D eigenvalue weighted by Gasteiger charge is -2.24. The fourth-order valence-electron chi connectivity index (χ4n) is 2.77. The summed E-state index contributed by atoms with van der Waals surface area (Å²) in [6, 6.07) is 7.56. The molecule has 1 fully saturated rings. The van der Waals surface area contributed by atoms with Gasteiger partial charge in [0.25, 0.3) is 0 Å². The highest BCUT2D eigenvalue weighted by Crippen LogP contribution is 2.24. The number of amides is 1. The van der Waals surface area contributed by atoms with E-state index >= 15 is 0 Å². The second-order valence-corrected chi connectivity index (χ2v) is 7.70. The molecule has 8 heteroatoms. The van der Waals surface area contributed by atoms with E-state index in [-0.39, 0.29) is 11.2 Å². The summed E-state index contributed by atoms with van der Waals surface area (Å²) in [6.07, 6.45) is 5.81. The molecule has 1 aromatic heterocycles. The topological polar surface area (TPSA) is 72.7 Å². The van der Waals surface area contributed by atoms with Gasteiger partial charge in [0.2, 0.25) is 11.1 Å². The fourth-order valence-corrected chi connectivity index (χ4v) is 3.72. The Bertz CT molecular complexity index is 684. The van der Waals surface area contributed by atoms with Gasteiger partial charge in [0.15, 0.2) is 0 Å². The molecular weight excluding hydrogens is 346 g/mol. The Morgan fingerprint density at radius 1 is 1.29 bits per heavy atom. The predicted molar refractivity (Wildman–Crippen MR) is 94.5 cm³/mol. The van der Waals surface area contributed by atoms with Gasteiger partial charge < -0.3 is 5.32 Å². The lowest BCUT2D eigenvalue weighted by Crippen LogP contribution is -2.40. The maximum Gasteiger partial charge on any atom is 0.233 e. The number of tetrazole rings is 1. The summed E-state index contributed by atoms with van der Waals surface area (Å²) in [5.41, 5.74) is 0.812. The number of benzene rings is 1. The van der Waals surface area contributed by atoms with Crippen LogP contribution in [0.1, 0.15) is 39.0 Å². The number of hydrogen-bond acceptors (Lipinski definition) is 5. The molecular formula is C16H20ClN5OS. The van der Waals surface area contributed by atoms with Gasteiger partial charge >= 0.3 is 0 Å². The monoisotopic (exact) mass is 365 g/mol. The van der Waals surface area contributed by atoms with Crippen LogP contribution in [0.15, 0.2) is 29.4 Å². The summed E-state index contributed by atoms with van der Waals surface area (Å²) in [6.45, 7) is 1.88. The largest absolute Gasteiger partial charge is 0.352 e. The van der Waals surface area contributed by atoms with Crippen molar-refractivity contribution < 1.29 is 4.79 Å². The second-order valence-electron chi connectivity index (χ2n) is 5.95. The Morgan fingerprint density at radius 3 is 2.71 bits per heavy atom. The third-order valence-electron chi connectivity index (χ3n) is 4.12. The molecule has 24 heavy (non-hydrogen) atoms. The Balaban J connectivity index is 1.64. The zero-order valence-electron chi connectivity index (χ0n) is 13.5. The molecule has 1 heterocycles. The van der Waals surface area contributed by atoms with Crippen molar-refractivity contribution in [3.63, 3.8) is 0 Å². The average molecular weight is 366 g/mol. The lowest BCUT2D eigenvalue weighted by molar-refractivity contribution is -0.121. The van der Waals surface area contributed by atoms with E-state index in [0.717, 1.165) is 18.5 Å². The van der Waals surface area contributed by atoms with Gasteiger partial charge in [-0.25, -0.2) is 0 Å². The van der Waals surface area contributed by atoms with Gasteiger partial charge in [0, 0.05) is 11.1 Å². The molecule has 2 aromatic rings. The van der Waals surface area contributed by atoms with Gasteiger partial charge in [-0.3, -0.25) is 4.79 Å². The minimum atomic E-state index is -0.260. The predicted octanol–water partition coefficient (Wildman–Crippen LogP) is 3.25. The highest BCUT2D eigenvalue weighted by molar-refractivity contribution is 8.00. The third-order valence-corrected chi connectivity index (χ3v) is 5.40. The molecule has 1 N–H and O–H groups in total. The lowest BCUT2D eigenvalue weighted by atomic mass is 9.95. The number of hydrogen-bond donors (Lipinski definition) is 1. The molecule has 6 nitrogen and oxygen atoms in total. The average Bonchev–Trinajstić information content (AvgIpc) is 3.04. The van der Waals surface area contributed by atoms with E-state index in [0.29, 0.717) is 16.2 Å². The fraction of sp³-hybridized carbons (Fsp3) is 0.500. The normalized spacial score (nSPS) is 16.8. The first-order valence-corrected chi connectivity index (χ1v) is 9.40. The molecule has 128 valence electrons. The maximum atomic E-state index is 12.4. The van der Waals surface area contributed by atoms with Crippen LogP contribution in [0.5, 0.6) is 0 Å². The minimum absolute atomic E-state index is 0.0394. The van der Waals surface area contributed by atoms with Crippen molar-refractivity contribution in [3.8, 4) is 5.69 Å². The Labute approximate surface area is 150 Å². The molecule has 1 aliphatic carbocycles. The van der Waals surface area contributed by atoms with Gasteiger partial charge in [-0.1, -0.05) is 42.6 Å². The third kappa shape index (κ3) is 4.27. The van der Waals surface area contributed by atoms with Crippen LogP contribution in [0.3, 0.4) is 0 Å². The summed E-state index contributed by atoms with van der Waals surface area (Å²) in [5, 5.41) is 15.9. The van der Waals surface area contributed by atoms with Crippen LogP contribution in [0, 0.1) is 0 Å². The van der Waals surface area contributed by atoms with Crippen LogP contribution in [0.2, 0.25) is 5.02 Å². The van der Waals surface area contributed by atoms with Crippen LogP contribution in [0.25, 0.3) is 5.69 Å². The van der Waals surface area contributed by atoms with E-state index < -0.39 is 0 Å². The van der Waals surface area contributed by atoms with Gasteiger partial charge in [-0.15, -0.1) is 5.10 Å². The summed E-state index contributed by atoms with van der Waals surface area (Å²) in [5.74, 6) is 0.0394. The number of carbonyl (C=O) groups excluding carboxylic acids is 1. The van der Waals surface area contributed by atoms with Gasteiger partial charge in [-0.05, 0) is 54.5 Å². The van der Waals surface area contributed by atoms with Crippen LogP contribution in [-0.2, 0) is 4.79 Å². The first kappa shape index (κ1) is 17.2. The van der Waals surface area contributed by atoms with E-state index in [2.05, 4.69) is 20.8 Å². The summed E-state index contributed by atoms with van der Waals surface area (Å²) in [4.78, 5) is 12.4. The number of halogens is 1. The molecule has 0 aliphatic heterocycles. The Morgan fingerprint density at radius 2 is 2.00 bits per heavy atom. The highest BCUT2D eigenvalue weighted by atomic mass is 35.5. The van der Waals surface area contributed by atoms with Gasteiger partial charge in [0.05, 0.1) is 10.9 Å². The SMILES string of the molecule is CC(Sc1nnnn1-c1ccc(Cl)cc1)C(=O)NC1CCCCC1. The number of nitrogens with zero attached hydrogens (tertiary/aromatic N) is 4. The standard InChI is InChI=1S/C16H20ClN5OS/c1-11(15(23)18-13-5-3-2-4-6-13)24-16-19-20-21-22(16)14-9-7-12(17)8-10-14/h7-11,13H,2-6H2,1H3,(H,18,23). The molecule has 0 spiro atoms. The first-order valence-electron chi connectivity index (χ1n) is 8.15. The second kappa shape index (κ2) is 7.98. The number of thioether (sulfide) groups is 1. The number of carbonyl (C=O) groups is 1. The molecule has 1 aromatic carbocycles. The van der Waals surface area contributed by atoms with Crippen molar-refractivity contribution in [2.24, 2.45) is 0 Å². The first-order chi connectivity index (χ1) is 11.6. The van der Waals surface area contributed by atoms with Crippen LogP contribution < -0.4 is 5.32 Å². The van der Waals surface area contributed by atoms with E-state index in [1.165, 1.54) is 31.0 Å². The zero-order chi connectivity index (χ0) is 16.9. The molecule has 3 rings (SSSR count). The van der Waals surface area contributed by atoms with Crippen molar-refractivity contribution in [3.05, 3.63) is 29.3 Å². The number of rotatable bonds is 5. The molecule has 0 radical (unpaired) electrons. The number of nitrogens with one attached hydrogen (secondary N) is 1. The van der Waals surface area contributed by atoms with E-state index in [1.54, 1.807) is 16.8 Å². The van der Waals surface area contributed by atoms with Gasteiger partial charge in [-0.2, -0.15) is 4.68 Å². The molecule has 1 unspecified atom stereocenters. The summed E-state index contributed by atoms with van der Waals surface area (Å²) in [7, 11) is 0. The Kier molecular flexibility index (Phi) is 5.73. The highest BCUT2D eigenvalue weighted by Gasteiger charge is 2.22. The van der Waals surface area contributed by atoms with Crippen molar-refractivity contribution in [1.29, 1.82) is 0 Å². The van der Waals surface area contributed by atoms with Crippen molar-refractivity contribution in [2.45, 2.75) is 55.5 Å². The molecule has 0 bridgehead atoms. The van der Waals surface area contributed by atoms with Crippen molar-refractivity contribution in [1.82, 2.24) is 25.5 Å². The molecule has 0 saturated heterocycles.